The molecule has 1 rings (SSSR count). The molecule has 3 N–H and O–H groups in total. The molecule has 3 amide bonds. The minimum Gasteiger partial charge on any atom is -0.444 e. The average Bonchev–Trinajstić information content (AvgIpc) is 2.58. The summed E-state index contributed by atoms with van der Waals surface area (Å²) in [5, 5.41) is 8.09. The number of alkyl halides is 1. The van der Waals surface area contributed by atoms with Gasteiger partial charge in [0, 0.05) is 12.5 Å². The number of piperidine rings is 1. The van der Waals surface area contributed by atoms with Crippen LogP contribution in [0.25, 0.3) is 0 Å². The summed E-state index contributed by atoms with van der Waals surface area (Å²) in [6.45, 7) is 11.6. The Hall–Kier alpha value is -1.83. The molecule has 1 fully saturated rings. The molecule has 1 aliphatic heterocycles. The van der Waals surface area contributed by atoms with Crippen LogP contribution in [0.5, 0.6) is 0 Å². The predicted octanol–water partition coefficient (Wildman–Crippen LogP) is 2.52. The molecule has 1 aliphatic rings. The first kappa shape index (κ1) is 26.2. The topological polar surface area (TPSA) is 114 Å². The van der Waals surface area contributed by atoms with Crippen LogP contribution in [-0.2, 0) is 19.1 Å². The van der Waals surface area contributed by atoms with E-state index in [9.17, 15) is 19.2 Å². The van der Waals surface area contributed by atoms with Gasteiger partial charge in [-0.05, 0) is 51.9 Å². The number of amides is 3. The lowest BCUT2D eigenvalue weighted by Crippen LogP contribution is -2.54. The van der Waals surface area contributed by atoms with E-state index in [1.54, 1.807) is 20.8 Å². The SMILES string of the molecule is CC(C)(C)C[C@H](NC(=O)OC(C)(C)C)C(=O)N[C@@H](C[C@@H]1CCCNC1=O)C(=O)CCl. The first-order valence-corrected chi connectivity index (χ1v) is 10.9. The predicted molar refractivity (Wildman–Crippen MR) is 115 cm³/mol. The lowest BCUT2D eigenvalue weighted by Gasteiger charge is -2.30. The molecule has 1 heterocycles. The highest BCUT2D eigenvalue weighted by Crippen LogP contribution is 2.22. The number of hydrogen-bond donors (Lipinski definition) is 3. The number of carbonyl (C=O) groups excluding carboxylic acids is 4. The van der Waals surface area contributed by atoms with E-state index in [4.69, 9.17) is 16.3 Å². The number of nitrogens with one attached hydrogen (secondary N) is 3. The summed E-state index contributed by atoms with van der Waals surface area (Å²) in [5.74, 6) is -1.63. The molecule has 172 valence electrons. The van der Waals surface area contributed by atoms with Gasteiger partial charge in [0.1, 0.15) is 11.6 Å². The molecule has 0 bridgehead atoms. The third kappa shape index (κ3) is 9.78. The molecule has 1 saturated heterocycles. The maximum absolute atomic E-state index is 13.0. The fourth-order valence-electron chi connectivity index (χ4n) is 3.25. The Labute approximate surface area is 184 Å². The smallest absolute Gasteiger partial charge is 0.408 e. The molecule has 0 aromatic rings. The zero-order chi connectivity index (χ0) is 23.1. The molecule has 0 unspecified atom stereocenters. The van der Waals surface area contributed by atoms with Gasteiger partial charge in [-0.15, -0.1) is 11.6 Å². The standard InChI is InChI=1S/C21H36ClN3O5/c1-20(2,3)11-15(25-19(29)30-21(4,5)6)18(28)24-14(16(26)12-22)10-13-8-7-9-23-17(13)27/h13-15H,7-12H2,1-6H3,(H,23,27)(H,24,28)(H,25,29)/t13-,14-,15-/m0/s1. The second kappa shape index (κ2) is 11.0. The highest BCUT2D eigenvalue weighted by Gasteiger charge is 2.33. The van der Waals surface area contributed by atoms with Crippen molar-refractivity contribution < 1.29 is 23.9 Å². The van der Waals surface area contributed by atoms with Crippen LogP contribution in [0.3, 0.4) is 0 Å². The Kier molecular flexibility index (Phi) is 9.59. The lowest BCUT2D eigenvalue weighted by atomic mass is 9.87. The first-order valence-electron chi connectivity index (χ1n) is 10.4. The van der Waals surface area contributed by atoms with Crippen molar-refractivity contribution in [3.05, 3.63) is 0 Å². The molecule has 8 nitrogen and oxygen atoms in total. The molecular weight excluding hydrogens is 410 g/mol. The zero-order valence-corrected chi connectivity index (χ0v) is 19.6. The molecular formula is C21H36ClN3O5. The quantitative estimate of drug-likeness (QED) is 0.497. The van der Waals surface area contributed by atoms with Crippen molar-refractivity contribution in [2.24, 2.45) is 11.3 Å². The monoisotopic (exact) mass is 445 g/mol. The van der Waals surface area contributed by atoms with Crippen molar-refractivity contribution >= 4 is 35.3 Å². The van der Waals surface area contributed by atoms with Crippen LogP contribution in [0.2, 0.25) is 0 Å². The molecule has 0 saturated carbocycles. The van der Waals surface area contributed by atoms with Crippen LogP contribution >= 0.6 is 11.6 Å². The highest BCUT2D eigenvalue weighted by molar-refractivity contribution is 6.28. The molecule has 3 atom stereocenters. The Morgan fingerprint density at radius 1 is 1.13 bits per heavy atom. The van der Waals surface area contributed by atoms with Gasteiger partial charge in [-0.25, -0.2) is 4.79 Å². The molecule has 0 aliphatic carbocycles. The number of ether oxygens (including phenoxy) is 1. The van der Waals surface area contributed by atoms with Crippen molar-refractivity contribution in [1.29, 1.82) is 0 Å². The number of hydrogen-bond acceptors (Lipinski definition) is 5. The minimum atomic E-state index is -0.898. The lowest BCUT2D eigenvalue weighted by molar-refractivity contribution is -0.131. The van der Waals surface area contributed by atoms with E-state index in [-0.39, 0.29) is 35.3 Å². The van der Waals surface area contributed by atoms with E-state index >= 15 is 0 Å². The zero-order valence-electron chi connectivity index (χ0n) is 18.9. The van der Waals surface area contributed by atoms with Crippen molar-refractivity contribution in [3.63, 3.8) is 0 Å². The highest BCUT2D eigenvalue weighted by atomic mass is 35.5. The third-order valence-corrected chi connectivity index (χ3v) is 4.84. The fraction of sp³-hybridized carbons (Fsp3) is 0.810. The third-order valence-electron chi connectivity index (χ3n) is 4.58. The van der Waals surface area contributed by atoms with E-state index in [0.717, 1.165) is 6.42 Å². The van der Waals surface area contributed by atoms with Gasteiger partial charge in [-0.3, -0.25) is 14.4 Å². The molecule has 0 aromatic carbocycles. The average molecular weight is 446 g/mol. The fourth-order valence-corrected chi connectivity index (χ4v) is 3.44. The minimum absolute atomic E-state index is 0.124. The van der Waals surface area contributed by atoms with E-state index in [2.05, 4.69) is 16.0 Å². The van der Waals surface area contributed by atoms with Crippen LogP contribution in [0, 0.1) is 11.3 Å². The maximum atomic E-state index is 13.0. The number of ketones is 1. The van der Waals surface area contributed by atoms with E-state index in [0.29, 0.717) is 19.4 Å². The second-order valence-electron chi connectivity index (χ2n) is 9.99. The van der Waals surface area contributed by atoms with E-state index in [1.165, 1.54) is 0 Å². The number of halogens is 1. The van der Waals surface area contributed by atoms with Crippen LogP contribution in [0.15, 0.2) is 0 Å². The maximum Gasteiger partial charge on any atom is 0.408 e. The van der Waals surface area contributed by atoms with E-state index < -0.39 is 29.7 Å². The van der Waals surface area contributed by atoms with Crippen molar-refractivity contribution in [1.82, 2.24) is 16.0 Å². The summed E-state index contributed by atoms with van der Waals surface area (Å²) in [4.78, 5) is 49.7. The van der Waals surface area contributed by atoms with Crippen LogP contribution in [0.4, 0.5) is 4.79 Å². The van der Waals surface area contributed by atoms with Gasteiger partial charge in [0.2, 0.25) is 11.8 Å². The van der Waals surface area contributed by atoms with Crippen LogP contribution in [0.1, 0.15) is 67.2 Å². The molecule has 0 radical (unpaired) electrons. The summed E-state index contributed by atoms with van der Waals surface area (Å²) in [6.07, 6.45) is 1.27. The molecule has 0 aromatic heterocycles. The van der Waals surface area contributed by atoms with Gasteiger partial charge >= 0.3 is 6.09 Å². The summed E-state index contributed by atoms with van der Waals surface area (Å²) < 4.78 is 5.27. The Morgan fingerprint density at radius 2 is 1.77 bits per heavy atom. The van der Waals surface area contributed by atoms with Crippen LogP contribution in [-0.4, -0.2) is 53.8 Å². The van der Waals surface area contributed by atoms with Gasteiger partial charge in [0.25, 0.3) is 0 Å². The Morgan fingerprint density at radius 3 is 2.27 bits per heavy atom. The normalized spacial score (nSPS) is 19.3. The number of rotatable bonds is 8. The molecule has 0 spiro atoms. The van der Waals surface area contributed by atoms with Crippen molar-refractivity contribution in [3.8, 4) is 0 Å². The Balaban J connectivity index is 2.93. The van der Waals surface area contributed by atoms with Crippen LogP contribution < -0.4 is 16.0 Å². The largest absolute Gasteiger partial charge is 0.444 e. The van der Waals surface area contributed by atoms with Gasteiger partial charge < -0.3 is 20.7 Å². The van der Waals surface area contributed by atoms with Crippen molar-refractivity contribution in [2.45, 2.75) is 84.9 Å². The second-order valence-corrected chi connectivity index (χ2v) is 10.3. The number of alkyl carbamates (subject to hydrolysis) is 1. The summed E-state index contributed by atoms with van der Waals surface area (Å²) >= 11 is 5.74. The summed E-state index contributed by atoms with van der Waals surface area (Å²) in [7, 11) is 0. The molecule has 9 heteroatoms. The first-order chi connectivity index (χ1) is 13.7. The number of carbonyl (C=O) groups is 4. The van der Waals surface area contributed by atoms with E-state index in [1.807, 2.05) is 20.8 Å². The van der Waals surface area contributed by atoms with Gasteiger partial charge in [0.15, 0.2) is 5.78 Å². The Bertz CT molecular complexity index is 640. The van der Waals surface area contributed by atoms with Gasteiger partial charge in [-0.2, -0.15) is 0 Å². The van der Waals surface area contributed by atoms with Crippen molar-refractivity contribution in [2.75, 3.05) is 12.4 Å². The van der Waals surface area contributed by atoms with Gasteiger partial charge in [-0.1, -0.05) is 20.8 Å². The number of Topliss-reactive ketones (excluding diaryl/α,β-unsaturated/α-hetero) is 1. The van der Waals surface area contributed by atoms with Gasteiger partial charge in [0.05, 0.1) is 11.9 Å². The molecule has 30 heavy (non-hydrogen) atoms. The summed E-state index contributed by atoms with van der Waals surface area (Å²) in [5.41, 5.74) is -0.982. The summed E-state index contributed by atoms with van der Waals surface area (Å²) in [6, 6.07) is -1.79.